The fourth-order valence-electron chi connectivity index (χ4n) is 3.52. The molecule has 1 fully saturated rings. The molecule has 3 rings (SSSR count). The predicted octanol–water partition coefficient (Wildman–Crippen LogP) is 3.48. The van der Waals surface area contributed by atoms with Gasteiger partial charge in [-0.3, -0.25) is 4.79 Å². The van der Waals surface area contributed by atoms with E-state index in [4.69, 9.17) is 4.74 Å². The number of carbonyl (C=O) groups excluding carboxylic acids is 1. The molecule has 1 saturated heterocycles. The third kappa shape index (κ3) is 4.24. The number of amides is 1. The molecule has 1 amide bonds. The molecule has 0 bridgehead atoms. The van der Waals surface area contributed by atoms with Gasteiger partial charge in [-0.15, -0.1) is 0 Å². The number of carboxylic acids is 1. The zero-order valence-corrected chi connectivity index (χ0v) is 16.5. The number of halogens is 1. The van der Waals surface area contributed by atoms with Gasteiger partial charge < -0.3 is 20.1 Å². The first-order valence-electron chi connectivity index (χ1n) is 8.62. The summed E-state index contributed by atoms with van der Waals surface area (Å²) in [6.45, 7) is 0.654. The van der Waals surface area contributed by atoms with Gasteiger partial charge in [0.15, 0.2) is 0 Å². The first-order chi connectivity index (χ1) is 13.0. The Balaban J connectivity index is 1.81. The Hall–Kier alpha value is -2.54. The van der Waals surface area contributed by atoms with E-state index in [1.165, 1.54) is 0 Å². The molecule has 2 N–H and O–H groups in total. The van der Waals surface area contributed by atoms with Crippen LogP contribution < -0.4 is 15.0 Å². The number of carboxylic acid groups (broad SMARTS) is 1. The molecular weight excluding hydrogens is 412 g/mol. The summed E-state index contributed by atoms with van der Waals surface area (Å²) in [7, 11) is 1.61. The minimum Gasteiger partial charge on any atom is -0.497 e. The van der Waals surface area contributed by atoms with Crippen molar-refractivity contribution in [1.82, 2.24) is 0 Å². The second-order valence-corrected chi connectivity index (χ2v) is 6.93. The van der Waals surface area contributed by atoms with Crippen LogP contribution in [0.4, 0.5) is 11.4 Å². The first-order valence-corrected chi connectivity index (χ1v) is 9.75. The van der Waals surface area contributed by atoms with Crippen LogP contribution in [0, 0.1) is 0 Å². The summed E-state index contributed by atoms with van der Waals surface area (Å²) >= 11 is 3.11. The molecule has 0 saturated carbocycles. The van der Waals surface area contributed by atoms with Gasteiger partial charge in [-0.2, -0.15) is 0 Å². The fourth-order valence-corrected chi connectivity index (χ4v) is 3.66. The molecule has 1 aliphatic heterocycles. The highest BCUT2D eigenvalue weighted by atomic mass is 79.9. The van der Waals surface area contributed by atoms with Crippen molar-refractivity contribution in [2.45, 2.75) is 18.4 Å². The quantitative estimate of drug-likeness (QED) is 0.683. The molecule has 7 heteroatoms. The summed E-state index contributed by atoms with van der Waals surface area (Å²) in [5.41, 5.74) is 2.50. The number of aliphatic carboxylic acids is 1. The van der Waals surface area contributed by atoms with Crippen molar-refractivity contribution in [3.05, 3.63) is 54.1 Å². The highest BCUT2D eigenvalue weighted by Crippen LogP contribution is 2.37. The molecule has 0 aromatic heterocycles. The highest BCUT2D eigenvalue weighted by molar-refractivity contribution is 9.09. The van der Waals surface area contributed by atoms with Crippen molar-refractivity contribution in [2.75, 3.05) is 29.2 Å². The Morgan fingerprint density at radius 3 is 2.41 bits per heavy atom. The van der Waals surface area contributed by atoms with Crippen molar-refractivity contribution in [2.24, 2.45) is 0 Å². The SMILES string of the molecule is COc1ccc([C@@H]2CCN(c3ccc(NC(=O)CBr)cc3)[C@@H]2C(=O)O)cc1. The topological polar surface area (TPSA) is 78.9 Å². The largest absolute Gasteiger partial charge is 0.497 e. The van der Waals surface area contributed by atoms with Crippen LogP contribution in [0.3, 0.4) is 0 Å². The fraction of sp³-hybridized carbons (Fsp3) is 0.300. The van der Waals surface area contributed by atoms with Gasteiger partial charge in [0.25, 0.3) is 0 Å². The van der Waals surface area contributed by atoms with Gasteiger partial charge in [-0.25, -0.2) is 4.79 Å². The van der Waals surface area contributed by atoms with Crippen LogP contribution in [0.5, 0.6) is 5.75 Å². The molecule has 0 aliphatic carbocycles. The van der Waals surface area contributed by atoms with Crippen LogP contribution in [0.1, 0.15) is 17.9 Å². The first kappa shape index (κ1) is 19.2. The number of nitrogens with zero attached hydrogens (tertiary/aromatic N) is 1. The average Bonchev–Trinajstić information content (AvgIpc) is 3.14. The Kier molecular flexibility index (Phi) is 6.01. The summed E-state index contributed by atoms with van der Waals surface area (Å²) in [4.78, 5) is 25.4. The van der Waals surface area contributed by atoms with Crippen LogP contribution in [0.2, 0.25) is 0 Å². The monoisotopic (exact) mass is 432 g/mol. The van der Waals surface area contributed by atoms with Gasteiger partial charge in [0.1, 0.15) is 11.8 Å². The van der Waals surface area contributed by atoms with E-state index < -0.39 is 12.0 Å². The minimum absolute atomic E-state index is 0.0961. The lowest BCUT2D eigenvalue weighted by atomic mass is 9.91. The number of hydrogen-bond acceptors (Lipinski definition) is 4. The Morgan fingerprint density at radius 2 is 1.85 bits per heavy atom. The van der Waals surface area contributed by atoms with E-state index in [9.17, 15) is 14.7 Å². The van der Waals surface area contributed by atoms with Gasteiger partial charge in [0, 0.05) is 23.8 Å². The Bertz CT molecular complexity index is 808. The van der Waals surface area contributed by atoms with Crippen LogP contribution in [0.25, 0.3) is 0 Å². The highest BCUT2D eigenvalue weighted by Gasteiger charge is 2.40. The van der Waals surface area contributed by atoms with Crippen LogP contribution in [-0.2, 0) is 9.59 Å². The summed E-state index contributed by atoms with van der Waals surface area (Å²) in [6, 6.07) is 14.2. The Morgan fingerprint density at radius 1 is 1.19 bits per heavy atom. The van der Waals surface area contributed by atoms with E-state index in [1.807, 2.05) is 41.3 Å². The summed E-state index contributed by atoms with van der Waals surface area (Å²) in [6.07, 6.45) is 0.755. The third-order valence-electron chi connectivity index (χ3n) is 4.80. The van der Waals surface area contributed by atoms with Crippen molar-refractivity contribution in [1.29, 1.82) is 0 Å². The molecule has 0 unspecified atom stereocenters. The molecule has 2 aromatic rings. The van der Waals surface area contributed by atoms with Crippen LogP contribution >= 0.6 is 15.9 Å². The van der Waals surface area contributed by atoms with E-state index in [-0.39, 0.29) is 17.2 Å². The molecule has 0 spiro atoms. The number of rotatable bonds is 6. The molecule has 6 nitrogen and oxygen atoms in total. The van der Waals surface area contributed by atoms with E-state index in [0.29, 0.717) is 12.2 Å². The lowest BCUT2D eigenvalue weighted by Crippen LogP contribution is -2.39. The predicted molar refractivity (Wildman–Crippen MR) is 108 cm³/mol. The molecule has 142 valence electrons. The van der Waals surface area contributed by atoms with Gasteiger partial charge in [-0.05, 0) is 48.4 Å². The van der Waals surface area contributed by atoms with Gasteiger partial charge >= 0.3 is 5.97 Å². The average molecular weight is 433 g/mol. The third-order valence-corrected chi connectivity index (χ3v) is 5.31. The van der Waals surface area contributed by atoms with E-state index in [0.717, 1.165) is 23.4 Å². The number of hydrogen-bond donors (Lipinski definition) is 2. The standard InChI is InChI=1S/C20H21BrN2O4/c1-27-16-8-2-13(3-9-16)17-10-11-23(19(17)20(25)26)15-6-4-14(5-7-15)22-18(24)12-21/h2-9,17,19H,10-12H2,1H3,(H,22,24)(H,25,26)/t17-,19-/m0/s1. The van der Waals surface area contributed by atoms with Crippen molar-refractivity contribution < 1.29 is 19.4 Å². The summed E-state index contributed by atoms with van der Waals surface area (Å²) in [5, 5.41) is 12.8. The molecule has 27 heavy (non-hydrogen) atoms. The maximum absolute atomic E-state index is 12.0. The molecule has 2 aromatic carbocycles. The molecule has 1 aliphatic rings. The maximum Gasteiger partial charge on any atom is 0.326 e. The van der Waals surface area contributed by atoms with Crippen molar-refractivity contribution in [3.8, 4) is 5.75 Å². The lowest BCUT2D eigenvalue weighted by molar-refractivity contribution is -0.138. The maximum atomic E-state index is 12.0. The number of ether oxygens (including phenoxy) is 1. The van der Waals surface area contributed by atoms with Crippen LogP contribution in [0.15, 0.2) is 48.5 Å². The van der Waals surface area contributed by atoms with E-state index in [1.54, 1.807) is 19.2 Å². The van der Waals surface area contributed by atoms with Crippen molar-refractivity contribution in [3.63, 3.8) is 0 Å². The second kappa shape index (κ2) is 8.43. The number of carbonyl (C=O) groups is 2. The minimum atomic E-state index is -0.843. The number of alkyl halides is 1. The number of nitrogens with one attached hydrogen (secondary N) is 1. The van der Waals surface area contributed by atoms with Crippen LogP contribution in [-0.4, -0.2) is 42.0 Å². The number of benzene rings is 2. The molecule has 0 radical (unpaired) electrons. The Labute approximate surface area is 166 Å². The zero-order valence-electron chi connectivity index (χ0n) is 14.9. The number of anilines is 2. The molecular formula is C20H21BrN2O4. The van der Waals surface area contributed by atoms with Gasteiger partial charge in [0.2, 0.25) is 5.91 Å². The molecule has 1 heterocycles. The molecule has 2 atom stereocenters. The van der Waals surface area contributed by atoms with Gasteiger partial charge in [-0.1, -0.05) is 28.1 Å². The van der Waals surface area contributed by atoms with E-state index >= 15 is 0 Å². The second-order valence-electron chi connectivity index (χ2n) is 6.37. The summed E-state index contributed by atoms with van der Waals surface area (Å²) in [5.74, 6) is -0.320. The smallest absolute Gasteiger partial charge is 0.326 e. The van der Waals surface area contributed by atoms with E-state index in [2.05, 4.69) is 21.2 Å². The van der Waals surface area contributed by atoms with Crippen molar-refractivity contribution >= 4 is 39.2 Å². The summed E-state index contributed by atoms with van der Waals surface area (Å²) < 4.78 is 5.18. The normalized spacial score (nSPS) is 19.0. The lowest BCUT2D eigenvalue weighted by Gasteiger charge is -2.27. The van der Waals surface area contributed by atoms with Gasteiger partial charge in [0.05, 0.1) is 12.4 Å². The zero-order chi connectivity index (χ0) is 19.4. The number of methoxy groups -OCH3 is 1.